The molecule has 0 aromatic rings. The standard InChI is InChI=1S/C10H21NO/c1-8(2)9(5-11)4-10(3)6-12-7-10/h8-9H,4-7,11H2,1-3H3. The van der Waals surface area contributed by atoms with E-state index in [4.69, 9.17) is 10.5 Å². The molecule has 2 nitrogen and oxygen atoms in total. The van der Waals surface area contributed by atoms with E-state index in [1.807, 2.05) is 0 Å². The van der Waals surface area contributed by atoms with Crippen LogP contribution in [0.4, 0.5) is 0 Å². The van der Waals surface area contributed by atoms with Gasteiger partial charge in [0, 0.05) is 5.41 Å². The van der Waals surface area contributed by atoms with Gasteiger partial charge in [0.1, 0.15) is 0 Å². The van der Waals surface area contributed by atoms with Crippen molar-refractivity contribution in [2.24, 2.45) is 23.0 Å². The Bertz CT molecular complexity index is 141. The number of ether oxygens (including phenoxy) is 1. The van der Waals surface area contributed by atoms with Crippen LogP contribution in [-0.2, 0) is 4.74 Å². The van der Waals surface area contributed by atoms with Gasteiger partial charge in [-0.15, -0.1) is 0 Å². The van der Waals surface area contributed by atoms with Crippen LogP contribution < -0.4 is 5.73 Å². The molecule has 1 fully saturated rings. The van der Waals surface area contributed by atoms with Crippen LogP contribution >= 0.6 is 0 Å². The summed E-state index contributed by atoms with van der Waals surface area (Å²) in [6.45, 7) is 9.46. The number of rotatable bonds is 4. The second-order valence-corrected chi connectivity index (χ2v) is 4.75. The molecule has 1 aliphatic heterocycles. The van der Waals surface area contributed by atoms with Gasteiger partial charge < -0.3 is 10.5 Å². The summed E-state index contributed by atoms with van der Waals surface area (Å²) in [6.07, 6.45) is 1.22. The highest BCUT2D eigenvalue weighted by molar-refractivity contribution is 4.84. The zero-order valence-corrected chi connectivity index (χ0v) is 8.47. The van der Waals surface area contributed by atoms with Crippen LogP contribution in [0, 0.1) is 17.3 Å². The fourth-order valence-electron chi connectivity index (χ4n) is 1.79. The molecule has 1 atom stereocenters. The molecule has 0 saturated carbocycles. The molecule has 0 aliphatic carbocycles. The van der Waals surface area contributed by atoms with Crippen LogP contribution in [0.15, 0.2) is 0 Å². The Labute approximate surface area is 75.5 Å². The molecule has 1 heterocycles. The topological polar surface area (TPSA) is 35.2 Å². The van der Waals surface area contributed by atoms with Gasteiger partial charge in [-0.2, -0.15) is 0 Å². The Morgan fingerprint density at radius 3 is 2.25 bits per heavy atom. The molecule has 0 amide bonds. The summed E-state index contributed by atoms with van der Waals surface area (Å²) >= 11 is 0. The molecule has 12 heavy (non-hydrogen) atoms. The molecule has 1 aliphatic rings. The molecule has 2 heteroatoms. The van der Waals surface area contributed by atoms with Gasteiger partial charge >= 0.3 is 0 Å². The molecule has 1 saturated heterocycles. The number of hydrogen-bond acceptors (Lipinski definition) is 2. The first-order valence-electron chi connectivity index (χ1n) is 4.85. The zero-order chi connectivity index (χ0) is 9.19. The molecule has 2 N–H and O–H groups in total. The molecular formula is C10H21NO. The fraction of sp³-hybridized carbons (Fsp3) is 1.00. The van der Waals surface area contributed by atoms with Crippen molar-refractivity contribution in [3.05, 3.63) is 0 Å². The minimum atomic E-state index is 0.425. The van der Waals surface area contributed by atoms with E-state index in [2.05, 4.69) is 20.8 Å². The summed E-state index contributed by atoms with van der Waals surface area (Å²) in [5.74, 6) is 1.37. The third kappa shape index (κ3) is 2.20. The quantitative estimate of drug-likeness (QED) is 0.698. The first-order valence-corrected chi connectivity index (χ1v) is 4.85. The maximum absolute atomic E-state index is 5.72. The van der Waals surface area contributed by atoms with E-state index in [1.54, 1.807) is 0 Å². The predicted octanol–water partition coefficient (Wildman–Crippen LogP) is 1.64. The van der Waals surface area contributed by atoms with Gasteiger partial charge in [0.25, 0.3) is 0 Å². The average molecular weight is 171 g/mol. The lowest BCUT2D eigenvalue weighted by molar-refractivity contribution is -0.114. The first-order chi connectivity index (χ1) is 5.57. The third-order valence-corrected chi connectivity index (χ3v) is 2.90. The Balaban J connectivity index is 2.36. The highest BCUT2D eigenvalue weighted by Gasteiger charge is 2.35. The normalized spacial score (nSPS) is 23.8. The van der Waals surface area contributed by atoms with E-state index in [9.17, 15) is 0 Å². The van der Waals surface area contributed by atoms with Crippen LogP contribution in [0.3, 0.4) is 0 Å². The molecule has 1 unspecified atom stereocenters. The molecule has 1 rings (SSSR count). The van der Waals surface area contributed by atoms with Crippen molar-refractivity contribution in [2.75, 3.05) is 19.8 Å². The van der Waals surface area contributed by atoms with E-state index < -0.39 is 0 Å². The second-order valence-electron chi connectivity index (χ2n) is 4.75. The number of hydrogen-bond donors (Lipinski definition) is 1. The Kier molecular flexibility index (Phi) is 3.13. The van der Waals surface area contributed by atoms with Gasteiger partial charge in [0.05, 0.1) is 13.2 Å². The van der Waals surface area contributed by atoms with Gasteiger partial charge in [-0.3, -0.25) is 0 Å². The van der Waals surface area contributed by atoms with Crippen molar-refractivity contribution in [3.63, 3.8) is 0 Å². The second kappa shape index (κ2) is 3.75. The van der Waals surface area contributed by atoms with Gasteiger partial charge in [0.15, 0.2) is 0 Å². The van der Waals surface area contributed by atoms with Crippen LogP contribution in [-0.4, -0.2) is 19.8 Å². The number of nitrogens with two attached hydrogens (primary N) is 1. The summed E-state index contributed by atoms with van der Waals surface area (Å²) in [6, 6.07) is 0. The fourth-order valence-corrected chi connectivity index (χ4v) is 1.79. The van der Waals surface area contributed by atoms with Gasteiger partial charge in [0.2, 0.25) is 0 Å². The summed E-state index contributed by atoms with van der Waals surface area (Å²) in [5.41, 5.74) is 6.14. The maximum atomic E-state index is 5.72. The monoisotopic (exact) mass is 171 g/mol. The smallest absolute Gasteiger partial charge is 0.0542 e. The summed E-state index contributed by atoms with van der Waals surface area (Å²) in [5, 5.41) is 0. The Morgan fingerprint density at radius 2 is 2.00 bits per heavy atom. The lowest BCUT2D eigenvalue weighted by atomic mass is 9.76. The molecule has 0 spiro atoms. The van der Waals surface area contributed by atoms with E-state index in [0.29, 0.717) is 17.3 Å². The molecular weight excluding hydrogens is 150 g/mol. The third-order valence-electron chi connectivity index (χ3n) is 2.90. The Morgan fingerprint density at radius 1 is 1.42 bits per heavy atom. The van der Waals surface area contributed by atoms with Crippen molar-refractivity contribution in [1.29, 1.82) is 0 Å². The largest absolute Gasteiger partial charge is 0.380 e. The van der Waals surface area contributed by atoms with Crippen LogP contribution in [0.2, 0.25) is 0 Å². The lowest BCUT2D eigenvalue weighted by Gasteiger charge is -2.41. The van der Waals surface area contributed by atoms with Crippen molar-refractivity contribution >= 4 is 0 Å². The summed E-state index contributed by atoms with van der Waals surface area (Å²) in [7, 11) is 0. The van der Waals surface area contributed by atoms with E-state index in [-0.39, 0.29) is 0 Å². The highest BCUT2D eigenvalue weighted by Crippen LogP contribution is 2.35. The summed E-state index contributed by atoms with van der Waals surface area (Å²) < 4.78 is 5.22. The van der Waals surface area contributed by atoms with E-state index in [1.165, 1.54) is 6.42 Å². The van der Waals surface area contributed by atoms with Crippen molar-refractivity contribution in [2.45, 2.75) is 27.2 Å². The summed E-state index contributed by atoms with van der Waals surface area (Å²) in [4.78, 5) is 0. The predicted molar refractivity (Wildman–Crippen MR) is 50.9 cm³/mol. The van der Waals surface area contributed by atoms with Gasteiger partial charge in [-0.25, -0.2) is 0 Å². The first kappa shape index (κ1) is 10.0. The maximum Gasteiger partial charge on any atom is 0.0542 e. The van der Waals surface area contributed by atoms with Crippen molar-refractivity contribution in [3.8, 4) is 0 Å². The molecule has 0 aromatic carbocycles. The van der Waals surface area contributed by atoms with Crippen LogP contribution in [0.5, 0.6) is 0 Å². The molecule has 0 aromatic heterocycles. The van der Waals surface area contributed by atoms with Crippen LogP contribution in [0.25, 0.3) is 0 Å². The van der Waals surface area contributed by atoms with Gasteiger partial charge in [-0.05, 0) is 24.8 Å². The highest BCUT2D eigenvalue weighted by atomic mass is 16.5. The van der Waals surface area contributed by atoms with Gasteiger partial charge in [-0.1, -0.05) is 20.8 Å². The Hall–Kier alpha value is -0.0800. The van der Waals surface area contributed by atoms with E-state index in [0.717, 1.165) is 19.8 Å². The average Bonchev–Trinajstić information content (AvgIpc) is 1.96. The lowest BCUT2D eigenvalue weighted by Crippen LogP contribution is -2.43. The molecule has 72 valence electrons. The SMILES string of the molecule is CC(C)C(CN)CC1(C)COC1. The molecule has 0 radical (unpaired) electrons. The minimum absolute atomic E-state index is 0.425. The van der Waals surface area contributed by atoms with Crippen LogP contribution in [0.1, 0.15) is 27.2 Å². The van der Waals surface area contributed by atoms with Crippen molar-refractivity contribution < 1.29 is 4.74 Å². The van der Waals surface area contributed by atoms with E-state index >= 15 is 0 Å². The van der Waals surface area contributed by atoms with Crippen molar-refractivity contribution in [1.82, 2.24) is 0 Å². The molecule has 0 bridgehead atoms. The zero-order valence-electron chi connectivity index (χ0n) is 8.47. The minimum Gasteiger partial charge on any atom is -0.380 e.